The van der Waals surface area contributed by atoms with Gasteiger partial charge in [-0.1, -0.05) is 86.1 Å². The number of thiophene rings is 1. The molecule has 3 fully saturated rings. The van der Waals surface area contributed by atoms with Gasteiger partial charge in [0.15, 0.2) is 5.78 Å². The van der Waals surface area contributed by atoms with Crippen molar-refractivity contribution in [1.29, 1.82) is 0 Å². The summed E-state index contributed by atoms with van der Waals surface area (Å²) in [7, 11) is 0. The zero-order chi connectivity index (χ0) is 38.1. The molecule has 3 aromatic rings. The first-order valence-electron chi connectivity index (χ1n) is 19.7. The van der Waals surface area contributed by atoms with Crippen LogP contribution in [0, 0.1) is 39.3 Å². The predicted molar refractivity (Wildman–Crippen MR) is 212 cm³/mol. The summed E-state index contributed by atoms with van der Waals surface area (Å²) in [4.78, 5) is 32.0. The molecule has 2 amide bonds. The molecule has 9 heteroatoms. The minimum atomic E-state index is -1.22. The Labute approximate surface area is 327 Å². The van der Waals surface area contributed by atoms with E-state index in [9.17, 15) is 19.8 Å². The minimum absolute atomic E-state index is 0.0938. The molecule has 6 nitrogen and oxygen atoms in total. The molecule has 54 heavy (non-hydrogen) atoms. The number of aliphatic hydroxyl groups excluding tert-OH is 1. The van der Waals surface area contributed by atoms with Gasteiger partial charge < -0.3 is 20.4 Å². The van der Waals surface area contributed by atoms with Crippen molar-refractivity contribution in [2.24, 2.45) is 33.5 Å². The number of aliphatic hydroxyl groups is 2. The number of rotatable bonds is 10. The van der Waals surface area contributed by atoms with Crippen molar-refractivity contribution in [2.45, 2.75) is 96.3 Å². The number of allylic oxidation sites excluding steroid dienone is 4. The number of nitrogens with one attached hydrogen (secondary N) is 1. The topological polar surface area (TPSA) is 89.9 Å². The van der Waals surface area contributed by atoms with Crippen LogP contribution in [0.15, 0.2) is 89.8 Å². The molecule has 6 aliphatic rings. The number of hydrogen-bond donors (Lipinski definition) is 3. The Morgan fingerprint density at radius 3 is 2.46 bits per heavy atom. The molecule has 1 heterocycles. The van der Waals surface area contributed by atoms with E-state index in [1.807, 2.05) is 53.6 Å². The highest BCUT2D eigenvalue weighted by atomic mass is 35.5. The molecule has 9 unspecified atom stereocenters. The maximum absolute atomic E-state index is 15.2. The maximum atomic E-state index is 15.2. The average Bonchev–Trinajstić information content (AvgIpc) is 3.77. The number of carbonyl (C=O) groups is 2. The van der Waals surface area contributed by atoms with Gasteiger partial charge in [0.05, 0.1) is 24.3 Å². The van der Waals surface area contributed by atoms with Gasteiger partial charge >= 0.3 is 6.03 Å². The lowest BCUT2D eigenvalue weighted by Crippen LogP contribution is -2.67. The number of hydrogen-bond acceptors (Lipinski definition) is 5. The van der Waals surface area contributed by atoms with Gasteiger partial charge in [-0.25, -0.2) is 9.18 Å². The van der Waals surface area contributed by atoms with Gasteiger partial charge in [0.2, 0.25) is 0 Å². The SMILES string of the molecule is CC(NC(=O)N(CCc1cccs1)CC1(O)CCC2C34C=CC5(C=C3C(=O)Cc3c(F)cccc3Cl)CC(O)CCC5(C)C4CCC21C)c1ccccc1. The molecule has 286 valence electrons. The Bertz CT molecular complexity index is 1970. The number of nitrogens with zero attached hydrogens (tertiary/aromatic N) is 1. The van der Waals surface area contributed by atoms with Crippen molar-refractivity contribution in [1.82, 2.24) is 10.2 Å². The number of benzene rings is 2. The Morgan fingerprint density at radius 1 is 0.981 bits per heavy atom. The van der Waals surface area contributed by atoms with Crippen LogP contribution >= 0.6 is 22.9 Å². The molecule has 9 rings (SSSR count). The molecule has 2 bridgehead atoms. The van der Waals surface area contributed by atoms with Crippen molar-refractivity contribution >= 4 is 34.8 Å². The van der Waals surface area contributed by atoms with Crippen molar-refractivity contribution in [3.05, 3.63) is 117 Å². The van der Waals surface area contributed by atoms with E-state index in [4.69, 9.17) is 11.6 Å². The normalized spacial score (nSPS) is 35.4. The zero-order valence-electron chi connectivity index (χ0n) is 31.5. The van der Waals surface area contributed by atoms with Gasteiger partial charge in [-0.2, -0.15) is 0 Å². The van der Waals surface area contributed by atoms with E-state index in [1.165, 1.54) is 10.9 Å². The quantitative estimate of drug-likeness (QED) is 0.180. The summed E-state index contributed by atoms with van der Waals surface area (Å²) in [5.41, 5.74) is -1.31. The fourth-order valence-electron chi connectivity index (χ4n) is 12.0. The minimum Gasteiger partial charge on any atom is -0.393 e. The number of fused-ring (bicyclic) bond motifs is 1. The summed E-state index contributed by atoms with van der Waals surface area (Å²) in [5, 5.41) is 29.6. The average molecular weight is 771 g/mol. The summed E-state index contributed by atoms with van der Waals surface area (Å²) in [6.07, 6.45) is 11.6. The van der Waals surface area contributed by atoms with E-state index >= 15 is 4.39 Å². The highest BCUT2D eigenvalue weighted by Gasteiger charge is 2.74. The molecule has 2 spiro atoms. The molecule has 6 aliphatic carbocycles. The molecule has 0 saturated heterocycles. The maximum Gasteiger partial charge on any atom is 0.317 e. The molecule has 1 aromatic heterocycles. The van der Waals surface area contributed by atoms with Gasteiger partial charge in [-0.15, -0.1) is 11.3 Å². The van der Waals surface area contributed by atoms with Crippen molar-refractivity contribution in [2.75, 3.05) is 13.1 Å². The van der Waals surface area contributed by atoms with Crippen LogP contribution in [0.1, 0.15) is 87.8 Å². The first-order valence-corrected chi connectivity index (χ1v) is 20.9. The Balaban J connectivity index is 1.15. The largest absolute Gasteiger partial charge is 0.393 e. The zero-order valence-corrected chi connectivity index (χ0v) is 33.1. The third-order valence-corrected chi connectivity index (χ3v) is 16.3. The van der Waals surface area contributed by atoms with E-state index in [1.54, 1.807) is 23.5 Å². The summed E-state index contributed by atoms with van der Waals surface area (Å²) >= 11 is 8.16. The van der Waals surface area contributed by atoms with Gasteiger partial charge in [0, 0.05) is 50.2 Å². The molecule has 9 atom stereocenters. The van der Waals surface area contributed by atoms with Crippen molar-refractivity contribution in [3.63, 3.8) is 0 Å². The van der Waals surface area contributed by atoms with Crippen LogP contribution in [0.3, 0.4) is 0 Å². The van der Waals surface area contributed by atoms with Crippen LogP contribution in [0.5, 0.6) is 0 Å². The third kappa shape index (κ3) is 5.76. The number of carbonyl (C=O) groups excluding carboxylic acids is 2. The summed E-state index contributed by atoms with van der Waals surface area (Å²) in [6, 6.07) is 18.1. The van der Waals surface area contributed by atoms with Gasteiger partial charge in [-0.3, -0.25) is 4.79 Å². The summed E-state index contributed by atoms with van der Waals surface area (Å²) in [6.45, 7) is 7.15. The number of amides is 2. The Hall–Kier alpha value is -3.30. The van der Waals surface area contributed by atoms with E-state index in [0.717, 1.165) is 24.8 Å². The molecule has 0 radical (unpaired) electrons. The number of halogens is 2. The summed E-state index contributed by atoms with van der Waals surface area (Å²) < 4.78 is 15.2. The first kappa shape index (κ1) is 37.6. The van der Waals surface area contributed by atoms with Crippen LogP contribution in [-0.2, 0) is 17.6 Å². The van der Waals surface area contributed by atoms with E-state index in [-0.39, 0.29) is 58.7 Å². The predicted octanol–water partition coefficient (Wildman–Crippen LogP) is 9.26. The second-order valence-corrected chi connectivity index (χ2v) is 18.9. The molecular formula is C45H52ClFN2O4S. The van der Waals surface area contributed by atoms with Gasteiger partial charge in [0.25, 0.3) is 0 Å². The smallest absolute Gasteiger partial charge is 0.317 e. The van der Waals surface area contributed by atoms with Crippen LogP contribution in [0.25, 0.3) is 0 Å². The fourth-order valence-corrected chi connectivity index (χ4v) is 12.9. The lowest BCUT2D eigenvalue weighted by atomic mass is 9.32. The van der Waals surface area contributed by atoms with Crippen LogP contribution < -0.4 is 5.32 Å². The van der Waals surface area contributed by atoms with Crippen LogP contribution in [-0.4, -0.2) is 51.7 Å². The van der Waals surface area contributed by atoms with E-state index in [0.29, 0.717) is 44.2 Å². The highest BCUT2D eigenvalue weighted by Crippen LogP contribution is 2.78. The van der Waals surface area contributed by atoms with Gasteiger partial charge in [-0.05, 0) is 105 Å². The van der Waals surface area contributed by atoms with Crippen molar-refractivity contribution < 1.29 is 24.2 Å². The second-order valence-electron chi connectivity index (χ2n) is 17.4. The lowest BCUT2D eigenvalue weighted by molar-refractivity contribution is -0.177. The number of urea groups is 1. The molecule has 3 N–H and O–H groups in total. The van der Waals surface area contributed by atoms with E-state index in [2.05, 4.69) is 43.5 Å². The standard InChI is InChI=1S/C45H52ClFN2O4S/c1-29(30-9-5-4-6-10-30)48-40(52)49(23-17-32-11-8-24-54-32)28-44(53)20-16-39-42(44,3)19-15-38-41(2)18-14-31(50)26-43(41)21-22-45(38,39)34(27-43)37(51)25-33-35(46)12-7-13-36(33)47/h4-13,21-22,24,27,29,31,38-39,50,53H,14-20,23,25-26,28H2,1-3H3,(H,48,52). The van der Waals surface area contributed by atoms with Crippen molar-refractivity contribution in [3.8, 4) is 0 Å². The highest BCUT2D eigenvalue weighted by molar-refractivity contribution is 7.09. The van der Waals surface area contributed by atoms with Gasteiger partial charge in [0.1, 0.15) is 5.82 Å². The number of Topliss-reactive ketones (excluding diaryl/α,β-unsaturated/α-hetero) is 1. The second kappa shape index (κ2) is 13.7. The molecular weight excluding hydrogens is 719 g/mol. The monoisotopic (exact) mass is 770 g/mol. The van der Waals surface area contributed by atoms with Crippen LogP contribution in [0.2, 0.25) is 5.02 Å². The lowest BCUT2D eigenvalue weighted by Gasteiger charge is -2.71. The first-order chi connectivity index (χ1) is 25.8. The molecule has 3 saturated carbocycles. The third-order valence-electron chi connectivity index (χ3n) is 15.0. The van der Waals surface area contributed by atoms with E-state index < -0.39 is 33.8 Å². The van der Waals surface area contributed by atoms with Crippen LogP contribution in [0.4, 0.5) is 9.18 Å². The molecule has 2 aromatic carbocycles. The number of ketones is 1. The Morgan fingerprint density at radius 2 is 1.72 bits per heavy atom. The molecule has 0 aliphatic heterocycles. The fraction of sp³-hybridized carbons (Fsp3) is 0.511. The summed E-state index contributed by atoms with van der Waals surface area (Å²) in [5.74, 6) is -0.634. The Kier molecular flexibility index (Phi) is 9.55.